The Bertz CT molecular complexity index is 115. The maximum Gasteiger partial charge on any atom is 0.0192 e. The number of nitrogens with two attached hydrogens (primary N) is 2. The van der Waals surface area contributed by atoms with Crippen molar-refractivity contribution in [3.05, 3.63) is 0 Å². The summed E-state index contributed by atoms with van der Waals surface area (Å²) in [6.45, 7) is 4.42. The fraction of sp³-hybridized carbons (Fsp3) is 1.00. The van der Waals surface area contributed by atoms with Gasteiger partial charge in [-0.3, -0.25) is 0 Å². The third-order valence-corrected chi connectivity index (χ3v) is 2.83. The number of hydrogen-bond donors (Lipinski definition) is 2. The van der Waals surface area contributed by atoms with E-state index in [-0.39, 0.29) is 12.1 Å². The Kier molecular flexibility index (Phi) is 9.42. The van der Waals surface area contributed by atoms with Gasteiger partial charge in [-0.05, 0) is 12.8 Å². The summed E-state index contributed by atoms with van der Waals surface area (Å²) in [5.74, 6) is 0. The Hall–Kier alpha value is -0.0800. The summed E-state index contributed by atoms with van der Waals surface area (Å²) >= 11 is 0. The molecule has 4 N–H and O–H groups in total. The molecule has 0 aliphatic carbocycles. The van der Waals surface area contributed by atoms with Crippen molar-refractivity contribution < 1.29 is 0 Å². The van der Waals surface area contributed by atoms with Crippen molar-refractivity contribution in [2.75, 3.05) is 0 Å². The van der Waals surface area contributed by atoms with E-state index in [0.29, 0.717) is 0 Å². The summed E-state index contributed by atoms with van der Waals surface area (Å²) in [5.41, 5.74) is 12.0. The van der Waals surface area contributed by atoms with Crippen LogP contribution in [0.15, 0.2) is 0 Å². The Labute approximate surface area is 89.4 Å². The summed E-state index contributed by atoms with van der Waals surface area (Å²) in [7, 11) is 0. The van der Waals surface area contributed by atoms with Crippen molar-refractivity contribution in [3.8, 4) is 0 Å². The molecular weight excluding hydrogens is 172 g/mol. The molecule has 0 fully saturated rings. The smallest absolute Gasteiger partial charge is 0.0192 e. The molecule has 0 rings (SSSR count). The quantitative estimate of drug-likeness (QED) is 0.562. The highest BCUT2D eigenvalue weighted by molar-refractivity contribution is 4.75. The van der Waals surface area contributed by atoms with E-state index in [1.165, 1.54) is 38.5 Å². The molecule has 0 heterocycles. The lowest BCUT2D eigenvalue weighted by atomic mass is 9.98. The Morgan fingerprint density at radius 1 is 0.714 bits per heavy atom. The van der Waals surface area contributed by atoms with E-state index in [9.17, 15) is 0 Å². The van der Waals surface area contributed by atoms with Crippen LogP contribution in [0.25, 0.3) is 0 Å². The first-order chi connectivity index (χ1) is 6.72. The summed E-state index contributed by atoms with van der Waals surface area (Å²) in [4.78, 5) is 0. The summed E-state index contributed by atoms with van der Waals surface area (Å²) in [5, 5.41) is 0. The van der Waals surface area contributed by atoms with Gasteiger partial charge in [0.1, 0.15) is 0 Å². The molecule has 0 aliphatic heterocycles. The van der Waals surface area contributed by atoms with Gasteiger partial charge in [-0.2, -0.15) is 0 Å². The molecule has 0 radical (unpaired) electrons. The fourth-order valence-corrected chi connectivity index (χ4v) is 1.67. The molecule has 0 aliphatic rings. The van der Waals surface area contributed by atoms with Crippen molar-refractivity contribution in [1.82, 2.24) is 0 Å². The van der Waals surface area contributed by atoms with E-state index >= 15 is 0 Å². The van der Waals surface area contributed by atoms with E-state index in [4.69, 9.17) is 11.5 Å². The average Bonchev–Trinajstić information content (AvgIpc) is 2.20. The van der Waals surface area contributed by atoms with Crippen molar-refractivity contribution >= 4 is 0 Å². The minimum Gasteiger partial charge on any atom is -0.326 e. The van der Waals surface area contributed by atoms with Gasteiger partial charge in [0, 0.05) is 12.1 Å². The second-order valence-corrected chi connectivity index (χ2v) is 4.32. The molecule has 0 saturated carbocycles. The third kappa shape index (κ3) is 7.34. The zero-order valence-electron chi connectivity index (χ0n) is 9.97. The van der Waals surface area contributed by atoms with Crippen LogP contribution >= 0.6 is 0 Å². The lowest BCUT2D eigenvalue weighted by molar-refractivity contribution is 0.439. The number of hydrogen-bond acceptors (Lipinski definition) is 2. The normalized spacial score (nSPS) is 15.4. The summed E-state index contributed by atoms with van der Waals surface area (Å²) in [6, 6.07) is 0.440. The minimum atomic E-state index is 0.219. The first-order valence-electron chi connectivity index (χ1n) is 6.23. The van der Waals surface area contributed by atoms with Crippen molar-refractivity contribution in [1.29, 1.82) is 0 Å². The molecule has 0 aromatic carbocycles. The van der Waals surface area contributed by atoms with E-state index < -0.39 is 0 Å². The zero-order chi connectivity index (χ0) is 10.8. The number of rotatable bonds is 9. The second-order valence-electron chi connectivity index (χ2n) is 4.32. The van der Waals surface area contributed by atoms with Crippen LogP contribution in [0, 0.1) is 0 Å². The molecule has 0 saturated heterocycles. The van der Waals surface area contributed by atoms with Gasteiger partial charge in [-0.25, -0.2) is 0 Å². The molecule has 0 amide bonds. The van der Waals surface area contributed by atoms with Crippen LogP contribution in [0.4, 0.5) is 0 Å². The minimum absolute atomic E-state index is 0.219. The van der Waals surface area contributed by atoms with Gasteiger partial charge < -0.3 is 11.5 Å². The maximum absolute atomic E-state index is 6.02. The van der Waals surface area contributed by atoms with Crippen molar-refractivity contribution in [3.63, 3.8) is 0 Å². The highest BCUT2D eigenvalue weighted by atomic mass is 14.8. The lowest BCUT2D eigenvalue weighted by Crippen LogP contribution is -2.41. The monoisotopic (exact) mass is 200 g/mol. The molecule has 2 atom stereocenters. The van der Waals surface area contributed by atoms with Crippen LogP contribution in [0.2, 0.25) is 0 Å². The maximum atomic E-state index is 6.02. The molecule has 0 spiro atoms. The molecule has 86 valence electrons. The van der Waals surface area contributed by atoms with Crippen LogP contribution in [0.5, 0.6) is 0 Å². The largest absolute Gasteiger partial charge is 0.326 e. The van der Waals surface area contributed by atoms with E-state index in [1.54, 1.807) is 0 Å². The Morgan fingerprint density at radius 2 is 1.21 bits per heavy atom. The molecule has 2 unspecified atom stereocenters. The van der Waals surface area contributed by atoms with E-state index in [0.717, 1.165) is 12.8 Å². The van der Waals surface area contributed by atoms with Crippen molar-refractivity contribution in [2.24, 2.45) is 11.5 Å². The molecular formula is C12H28N2. The number of unbranched alkanes of at least 4 members (excludes halogenated alkanes) is 4. The zero-order valence-corrected chi connectivity index (χ0v) is 9.97. The highest BCUT2D eigenvalue weighted by Crippen LogP contribution is 2.09. The predicted molar refractivity (Wildman–Crippen MR) is 64.2 cm³/mol. The molecule has 0 bridgehead atoms. The van der Waals surface area contributed by atoms with Crippen LogP contribution in [-0.4, -0.2) is 12.1 Å². The van der Waals surface area contributed by atoms with E-state index in [1.807, 2.05) is 0 Å². The molecule has 0 aromatic heterocycles. The standard InChI is InChI=1S/C12H28N2/c1-3-5-7-8-10-12(14)11(13)9-6-4-2/h11-12H,3-10,13-14H2,1-2H3. The predicted octanol–water partition coefficient (Wildman–Crippen LogP) is 2.80. The van der Waals surface area contributed by atoms with Gasteiger partial charge in [-0.1, -0.05) is 52.4 Å². The van der Waals surface area contributed by atoms with Crippen LogP contribution in [0.1, 0.15) is 65.2 Å². The lowest BCUT2D eigenvalue weighted by Gasteiger charge is -2.19. The van der Waals surface area contributed by atoms with Gasteiger partial charge in [0.15, 0.2) is 0 Å². The Morgan fingerprint density at radius 3 is 1.71 bits per heavy atom. The van der Waals surface area contributed by atoms with Crippen LogP contribution in [-0.2, 0) is 0 Å². The molecule has 0 aromatic rings. The van der Waals surface area contributed by atoms with Gasteiger partial charge in [-0.15, -0.1) is 0 Å². The van der Waals surface area contributed by atoms with Gasteiger partial charge in [0.25, 0.3) is 0 Å². The van der Waals surface area contributed by atoms with Crippen molar-refractivity contribution in [2.45, 2.75) is 77.3 Å². The first kappa shape index (κ1) is 13.9. The molecule has 2 nitrogen and oxygen atoms in total. The second kappa shape index (κ2) is 9.47. The summed E-state index contributed by atoms with van der Waals surface area (Å²) < 4.78 is 0. The molecule has 2 heteroatoms. The average molecular weight is 200 g/mol. The van der Waals surface area contributed by atoms with E-state index in [2.05, 4.69) is 13.8 Å². The SMILES string of the molecule is CCCCCCC(N)C(N)CCCC. The topological polar surface area (TPSA) is 52.0 Å². The van der Waals surface area contributed by atoms with Gasteiger partial charge in [0.2, 0.25) is 0 Å². The highest BCUT2D eigenvalue weighted by Gasteiger charge is 2.11. The molecule has 14 heavy (non-hydrogen) atoms. The Balaban J connectivity index is 3.36. The van der Waals surface area contributed by atoms with Gasteiger partial charge in [0.05, 0.1) is 0 Å². The van der Waals surface area contributed by atoms with Gasteiger partial charge >= 0.3 is 0 Å². The van der Waals surface area contributed by atoms with Crippen LogP contribution in [0.3, 0.4) is 0 Å². The summed E-state index contributed by atoms with van der Waals surface area (Å²) in [6.07, 6.45) is 9.80. The third-order valence-electron chi connectivity index (χ3n) is 2.83. The first-order valence-corrected chi connectivity index (χ1v) is 6.23. The van der Waals surface area contributed by atoms with Crippen LogP contribution < -0.4 is 11.5 Å². The fourth-order valence-electron chi connectivity index (χ4n) is 1.67.